The number of halogens is 1. The first-order chi connectivity index (χ1) is 13.4. The summed E-state index contributed by atoms with van der Waals surface area (Å²) in [5, 5.41) is 29.8. The highest BCUT2D eigenvalue weighted by atomic mass is 35.5. The molecule has 0 unspecified atom stereocenters. The van der Waals surface area contributed by atoms with Gasteiger partial charge in [-0.2, -0.15) is 5.26 Å². The number of carboxylic acid groups (broad SMARTS) is 1. The molecule has 1 N–H and O–H groups in total. The normalized spacial score (nSPS) is 11.1. The van der Waals surface area contributed by atoms with Gasteiger partial charge in [0.15, 0.2) is 0 Å². The monoisotopic (exact) mass is 394 g/mol. The zero-order valence-corrected chi connectivity index (χ0v) is 14.9. The van der Waals surface area contributed by atoms with Crippen LogP contribution >= 0.6 is 11.6 Å². The zero-order chi connectivity index (χ0) is 20.3. The Morgan fingerprint density at radius 3 is 2.43 bits per heavy atom. The van der Waals surface area contributed by atoms with Gasteiger partial charge < -0.3 is 9.52 Å². The van der Waals surface area contributed by atoms with E-state index in [1.165, 1.54) is 48.5 Å². The van der Waals surface area contributed by atoms with Gasteiger partial charge in [-0.15, -0.1) is 0 Å². The Kier molecular flexibility index (Phi) is 5.25. The maximum Gasteiger partial charge on any atom is 0.335 e. The smallest absolute Gasteiger partial charge is 0.335 e. The highest BCUT2D eigenvalue weighted by Gasteiger charge is 2.18. The number of benzene rings is 2. The highest BCUT2D eigenvalue weighted by Crippen LogP contribution is 2.34. The largest absolute Gasteiger partial charge is 0.478 e. The first-order valence-corrected chi connectivity index (χ1v) is 8.26. The molecule has 28 heavy (non-hydrogen) atoms. The standard InChI is InChI=1S/C20H11ClN2O5/c21-15-5-7-17(18(10-15)23(26)27)19-8-6-16(28-19)9-14(11-22)12-1-3-13(4-2-12)20(24)25/h1-10H,(H,24,25)/b14-9-. The summed E-state index contributed by atoms with van der Waals surface area (Å²) in [5.41, 5.74) is 0.947. The lowest BCUT2D eigenvalue weighted by Gasteiger charge is -2.01. The van der Waals surface area contributed by atoms with Crippen LogP contribution in [0.4, 0.5) is 5.69 Å². The van der Waals surface area contributed by atoms with Gasteiger partial charge in [-0.3, -0.25) is 10.1 Å². The van der Waals surface area contributed by atoms with Crippen molar-refractivity contribution in [2.75, 3.05) is 0 Å². The molecular weight excluding hydrogens is 384 g/mol. The number of nitriles is 1. The second kappa shape index (κ2) is 7.78. The van der Waals surface area contributed by atoms with E-state index in [1.807, 2.05) is 6.07 Å². The molecule has 1 heterocycles. The molecule has 0 bridgehead atoms. The molecule has 0 aliphatic rings. The highest BCUT2D eigenvalue weighted by molar-refractivity contribution is 6.30. The van der Waals surface area contributed by atoms with Crippen LogP contribution in [-0.4, -0.2) is 16.0 Å². The molecule has 0 atom stereocenters. The second-order valence-electron chi connectivity index (χ2n) is 5.67. The third-order valence-corrected chi connectivity index (χ3v) is 4.13. The molecule has 8 heteroatoms. The SMILES string of the molecule is N#C/C(=C/c1ccc(-c2ccc(Cl)cc2[N+](=O)[O-])o1)c1ccc(C(=O)O)cc1. The summed E-state index contributed by atoms with van der Waals surface area (Å²) in [6.07, 6.45) is 1.47. The number of hydrogen-bond acceptors (Lipinski definition) is 5. The average Bonchev–Trinajstić information content (AvgIpc) is 3.14. The van der Waals surface area contributed by atoms with Gasteiger partial charge in [-0.1, -0.05) is 23.7 Å². The van der Waals surface area contributed by atoms with Crippen molar-refractivity contribution in [2.45, 2.75) is 0 Å². The average molecular weight is 395 g/mol. The molecular formula is C20H11ClN2O5. The molecule has 0 amide bonds. The lowest BCUT2D eigenvalue weighted by molar-refractivity contribution is -0.384. The van der Waals surface area contributed by atoms with Crippen LogP contribution in [0.5, 0.6) is 0 Å². The molecule has 0 aliphatic heterocycles. The fourth-order valence-electron chi connectivity index (χ4n) is 2.55. The van der Waals surface area contributed by atoms with E-state index in [2.05, 4.69) is 0 Å². The summed E-state index contributed by atoms with van der Waals surface area (Å²) in [5.74, 6) is -0.486. The van der Waals surface area contributed by atoms with E-state index in [9.17, 15) is 20.2 Å². The van der Waals surface area contributed by atoms with Crippen molar-refractivity contribution in [3.8, 4) is 17.4 Å². The molecule has 2 aromatic carbocycles. The lowest BCUT2D eigenvalue weighted by Crippen LogP contribution is -1.95. The van der Waals surface area contributed by atoms with Crippen LogP contribution in [-0.2, 0) is 0 Å². The Hall–Kier alpha value is -3.89. The van der Waals surface area contributed by atoms with E-state index in [0.29, 0.717) is 11.3 Å². The minimum absolute atomic E-state index is 0.108. The molecule has 0 saturated carbocycles. The van der Waals surface area contributed by atoms with E-state index in [0.717, 1.165) is 0 Å². The lowest BCUT2D eigenvalue weighted by atomic mass is 10.0. The number of aromatic carboxylic acids is 1. The predicted octanol–water partition coefficient (Wildman–Crippen LogP) is 5.27. The van der Waals surface area contributed by atoms with Crippen LogP contribution in [0.25, 0.3) is 23.0 Å². The topological polar surface area (TPSA) is 117 Å². The van der Waals surface area contributed by atoms with Crippen molar-refractivity contribution in [3.05, 3.63) is 86.6 Å². The van der Waals surface area contributed by atoms with E-state index in [1.54, 1.807) is 12.1 Å². The number of furan rings is 1. The fraction of sp³-hybridized carbons (Fsp3) is 0. The van der Waals surface area contributed by atoms with Crippen LogP contribution in [0.15, 0.2) is 59.0 Å². The van der Waals surface area contributed by atoms with Gasteiger partial charge in [0, 0.05) is 11.1 Å². The molecule has 0 saturated heterocycles. The summed E-state index contributed by atoms with van der Waals surface area (Å²) in [6.45, 7) is 0. The van der Waals surface area contributed by atoms with Gasteiger partial charge >= 0.3 is 5.97 Å². The summed E-state index contributed by atoms with van der Waals surface area (Å²) in [6, 6.07) is 15.2. The fourth-order valence-corrected chi connectivity index (χ4v) is 2.72. The van der Waals surface area contributed by atoms with Gasteiger partial charge in [0.05, 0.1) is 27.7 Å². The van der Waals surface area contributed by atoms with E-state index < -0.39 is 10.9 Å². The summed E-state index contributed by atoms with van der Waals surface area (Å²) >= 11 is 5.82. The molecule has 0 radical (unpaired) electrons. The molecule has 3 aromatic rings. The Bertz CT molecular complexity index is 1140. The number of hydrogen-bond donors (Lipinski definition) is 1. The first kappa shape index (κ1) is 18.9. The van der Waals surface area contributed by atoms with Crippen molar-refractivity contribution in [1.82, 2.24) is 0 Å². The van der Waals surface area contributed by atoms with Crippen molar-refractivity contribution in [3.63, 3.8) is 0 Å². The van der Waals surface area contributed by atoms with Crippen LogP contribution < -0.4 is 0 Å². The molecule has 0 aliphatic carbocycles. The van der Waals surface area contributed by atoms with Crippen molar-refractivity contribution in [1.29, 1.82) is 5.26 Å². The van der Waals surface area contributed by atoms with Crippen LogP contribution in [0.2, 0.25) is 5.02 Å². The number of rotatable bonds is 5. The van der Waals surface area contributed by atoms with Gasteiger partial charge in [0.25, 0.3) is 5.69 Å². The van der Waals surface area contributed by atoms with Crippen LogP contribution in [0.3, 0.4) is 0 Å². The maximum absolute atomic E-state index is 11.2. The van der Waals surface area contributed by atoms with Crippen molar-refractivity contribution >= 4 is 34.9 Å². The summed E-state index contributed by atoms with van der Waals surface area (Å²) < 4.78 is 5.65. The predicted molar refractivity (Wildman–Crippen MR) is 103 cm³/mol. The Morgan fingerprint density at radius 2 is 1.82 bits per heavy atom. The summed E-state index contributed by atoms with van der Waals surface area (Å²) in [4.78, 5) is 21.6. The first-order valence-electron chi connectivity index (χ1n) is 7.88. The molecule has 0 spiro atoms. The van der Waals surface area contributed by atoms with E-state index in [-0.39, 0.29) is 33.2 Å². The van der Waals surface area contributed by atoms with Gasteiger partial charge in [0.1, 0.15) is 11.5 Å². The molecule has 138 valence electrons. The summed E-state index contributed by atoms with van der Waals surface area (Å²) in [7, 11) is 0. The molecule has 0 fully saturated rings. The van der Waals surface area contributed by atoms with Crippen molar-refractivity contribution in [2.24, 2.45) is 0 Å². The Morgan fingerprint density at radius 1 is 1.14 bits per heavy atom. The number of nitro groups is 1. The number of carbonyl (C=O) groups is 1. The van der Waals surface area contributed by atoms with Crippen LogP contribution in [0.1, 0.15) is 21.7 Å². The third kappa shape index (κ3) is 3.92. The minimum atomic E-state index is -1.06. The third-order valence-electron chi connectivity index (χ3n) is 3.90. The minimum Gasteiger partial charge on any atom is -0.478 e. The van der Waals surface area contributed by atoms with Gasteiger partial charge in [-0.05, 0) is 48.0 Å². The molecule has 7 nitrogen and oxygen atoms in total. The van der Waals surface area contributed by atoms with Crippen molar-refractivity contribution < 1.29 is 19.2 Å². The second-order valence-corrected chi connectivity index (χ2v) is 6.11. The quantitative estimate of drug-likeness (QED) is 0.357. The number of carboxylic acids is 1. The molecule has 3 rings (SSSR count). The van der Waals surface area contributed by atoms with E-state index in [4.69, 9.17) is 21.1 Å². The number of allylic oxidation sites excluding steroid dienone is 1. The van der Waals surface area contributed by atoms with Gasteiger partial charge in [-0.25, -0.2) is 4.79 Å². The number of nitro benzene ring substituents is 1. The zero-order valence-electron chi connectivity index (χ0n) is 14.1. The van der Waals surface area contributed by atoms with Crippen LogP contribution in [0, 0.1) is 21.4 Å². The number of nitrogens with zero attached hydrogens (tertiary/aromatic N) is 2. The Labute approximate surface area is 163 Å². The van der Waals surface area contributed by atoms with Gasteiger partial charge in [0.2, 0.25) is 0 Å². The Balaban J connectivity index is 1.96. The maximum atomic E-state index is 11.2. The van der Waals surface area contributed by atoms with E-state index >= 15 is 0 Å². The molecule has 1 aromatic heterocycles.